The van der Waals surface area contributed by atoms with Gasteiger partial charge in [-0.15, -0.1) is 0 Å². The number of carbonyl (C=O) groups excluding carboxylic acids is 1. The highest BCUT2D eigenvalue weighted by Crippen LogP contribution is 2.20. The van der Waals surface area contributed by atoms with E-state index in [4.69, 9.17) is 4.74 Å². The number of nitrogens with zero attached hydrogens (tertiary/aromatic N) is 2. The Balaban J connectivity index is 1.83. The molecule has 1 aliphatic heterocycles. The fraction of sp³-hybridized carbons (Fsp3) is 0.333. The van der Waals surface area contributed by atoms with Crippen LogP contribution in [0.5, 0.6) is 5.75 Å². The van der Waals surface area contributed by atoms with Crippen molar-refractivity contribution in [2.24, 2.45) is 0 Å². The molecule has 1 N–H and O–H groups in total. The summed E-state index contributed by atoms with van der Waals surface area (Å²) >= 11 is 0. The summed E-state index contributed by atoms with van der Waals surface area (Å²) < 4.78 is 19.7. The fourth-order valence-corrected chi connectivity index (χ4v) is 2.81. The molecule has 0 saturated carbocycles. The van der Waals surface area contributed by atoms with Crippen LogP contribution in [0.4, 0.5) is 4.39 Å². The van der Waals surface area contributed by atoms with E-state index < -0.39 is 11.7 Å². The van der Waals surface area contributed by atoms with E-state index in [1.165, 1.54) is 12.1 Å². The molecule has 1 aromatic carbocycles. The topological polar surface area (TPSA) is 62.7 Å². The van der Waals surface area contributed by atoms with E-state index in [-0.39, 0.29) is 17.4 Å². The monoisotopic (exact) mass is 330 g/mol. The van der Waals surface area contributed by atoms with Gasteiger partial charge in [-0.3, -0.25) is 9.78 Å². The third-order valence-corrected chi connectivity index (χ3v) is 4.01. The molecule has 0 spiro atoms. The van der Waals surface area contributed by atoms with Crippen molar-refractivity contribution in [3.05, 3.63) is 59.7 Å². The Bertz CT molecular complexity index is 703. The van der Waals surface area contributed by atoms with Crippen LogP contribution in [-0.2, 0) is 11.3 Å². The van der Waals surface area contributed by atoms with E-state index in [1.54, 1.807) is 23.4 Å². The Morgan fingerprint density at radius 2 is 2.29 bits per heavy atom. The van der Waals surface area contributed by atoms with Crippen LogP contribution >= 0.6 is 0 Å². The lowest BCUT2D eigenvalue weighted by Gasteiger charge is -2.26. The lowest BCUT2D eigenvalue weighted by Crippen LogP contribution is -2.37. The van der Waals surface area contributed by atoms with E-state index in [9.17, 15) is 14.3 Å². The number of rotatable bonds is 5. The van der Waals surface area contributed by atoms with Crippen molar-refractivity contribution >= 4 is 5.91 Å². The number of carbonyl (C=O) groups is 1. The number of aromatic hydroxyl groups is 1. The summed E-state index contributed by atoms with van der Waals surface area (Å²) in [6.07, 6.45) is 5.16. The molecule has 0 aliphatic carbocycles. The van der Waals surface area contributed by atoms with Crippen LogP contribution in [0.3, 0.4) is 0 Å². The Hall–Kier alpha value is -2.47. The predicted molar refractivity (Wildman–Crippen MR) is 86.0 cm³/mol. The number of hydrogen-bond donors (Lipinski definition) is 1. The molecule has 2 heterocycles. The highest BCUT2D eigenvalue weighted by molar-refractivity contribution is 5.94. The lowest BCUT2D eigenvalue weighted by atomic mass is 10.1. The van der Waals surface area contributed by atoms with Gasteiger partial charge in [0.15, 0.2) is 0 Å². The zero-order valence-electron chi connectivity index (χ0n) is 13.2. The van der Waals surface area contributed by atoms with Crippen LogP contribution in [-0.4, -0.2) is 40.2 Å². The average molecular weight is 330 g/mol. The lowest BCUT2D eigenvalue weighted by molar-refractivity contribution is 0.0503. The molecule has 1 aliphatic rings. The molecule has 1 amide bonds. The molecule has 0 radical (unpaired) electrons. The van der Waals surface area contributed by atoms with Crippen LogP contribution in [0.1, 0.15) is 28.8 Å². The minimum atomic E-state index is -0.733. The number of phenols is 1. The van der Waals surface area contributed by atoms with E-state index in [1.807, 2.05) is 6.07 Å². The molecule has 24 heavy (non-hydrogen) atoms. The van der Waals surface area contributed by atoms with E-state index in [0.29, 0.717) is 19.7 Å². The number of amides is 1. The molecule has 3 rings (SSSR count). The van der Waals surface area contributed by atoms with Gasteiger partial charge in [0, 0.05) is 38.2 Å². The molecule has 1 saturated heterocycles. The summed E-state index contributed by atoms with van der Waals surface area (Å²) in [5.41, 5.74) is 0.803. The highest BCUT2D eigenvalue weighted by atomic mass is 19.1. The first kappa shape index (κ1) is 16.4. The molecule has 1 aromatic heterocycles. The van der Waals surface area contributed by atoms with Gasteiger partial charge < -0.3 is 14.7 Å². The Morgan fingerprint density at radius 1 is 1.42 bits per heavy atom. The highest BCUT2D eigenvalue weighted by Gasteiger charge is 2.25. The van der Waals surface area contributed by atoms with Crippen molar-refractivity contribution in [2.75, 3.05) is 13.2 Å². The molecule has 1 fully saturated rings. The summed E-state index contributed by atoms with van der Waals surface area (Å²) in [4.78, 5) is 18.4. The van der Waals surface area contributed by atoms with E-state index >= 15 is 0 Å². The van der Waals surface area contributed by atoms with Crippen LogP contribution in [0, 0.1) is 5.82 Å². The van der Waals surface area contributed by atoms with Crippen molar-refractivity contribution < 1.29 is 19.0 Å². The molecule has 0 bridgehead atoms. The molecule has 2 aromatic rings. The maximum atomic E-state index is 14.1. The quantitative estimate of drug-likeness (QED) is 0.916. The first-order chi connectivity index (χ1) is 11.6. The Labute approximate surface area is 139 Å². The van der Waals surface area contributed by atoms with Gasteiger partial charge in [-0.25, -0.2) is 4.39 Å². The molecular weight excluding hydrogens is 311 g/mol. The van der Waals surface area contributed by atoms with Gasteiger partial charge in [0.2, 0.25) is 0 Å². The second-order valence-corrected chi connectivity index (χ2v) is 5.85. The van der Waals surface area contributed by atoms with Crippen molar-refractivity contribution in [3.8, 4) is 5.75 Å². The number of pyridine rings is 1. The van der Waals surface area contributed by atoms with Gasteiger partial charge >= 0.3 is 0 Å². The van der Waals surface area contributed by atoms with Crippen LogP contribution in [0.25, 0.3) is 0 Å². The predicted octanol–water partition coefficient (Wildman–Crippen LogP) is 2.75. The van der Waals surface area contributed by atoms with Gasteiger partial charge in [-0.1, -0.05) is 6.07 Å². The third kappa shape index (κ3) is 3.89. The maximum absolute atomic E-state index is 14.1. The Kier molecular flexibility index (Phi) is 5.05. The summed E-state index contributed by atoms with van der Waals surface area (Å²) in [5, 5.41) is 9.33. The van der Waals surface area contributed by atoms with Gasteiger partial charge in [-0.2, -0.15) is 0 Å². The molecular formula is C18H19FN2O3. The van der Waals surface area contributed by atoms with Crippen LogP contribution in [0.2, 0.25) is 0 Å². The van der Waals surface area contributed by atoms with E-state index in [0.717, 1.165) is 24.5 Å². The van der Waals surface area contributed by atoms with Crippen molar-refractivity contribution in [2.45, 2.75) is 25.5 Å². The minimum Gasteiger partial charge on any atom is -0.508 e. The number of hydrogen-bond acceptors (Lipinski definition) is 4. The number of benzene rings is 1. The normalized spacial score (nSPS) is 17.0. The summed E-state index contributed by atoms with van der Waals surface area (Å²) in [5.74, 6) is -1.36. The first-order valence-electron chi connectivity index (χ1n) is 7.92. The Morgan fingerprint density at radius 3 is 2.96 bits per heavy atom. The zero-order chi connectivity index (χ0) is 16.9. The SMILES string of the molecule is O=C(c1ccc(O)cc1F)N(Cc1cccnc1)C[C@@H]1CCCO1. The maximum Gasteiger partial charge on any atom is 0.257 e. The molecule has 1 atom stereocenters. The standard InChI is InChI=1S/C18H19FN2O3/c19-17-9-14(22)5-6-16(17)18(23)21(12-15-4-2-8-24-15)11-13-3-1-7-20-10-13/h1,3,5-7,9-10,15,22H,2,4,8,11-12H2/t15-/m0/s1. The summed E-state index contributed by atoms with van der Waals surface area (Å²) in [7, 11) is 0. The smallest absolute Gasteiger partial charge is 0.257 e. The number of halogens is 1. The largest absolute Gasteiger partial charge is 0.508 e. The zero-order valence-corrected chi connectivity index (χ0v) is 13.2. The van der Waals surface area contributed by atoms with Crippen LogP contribution < -0.4 is 0 Å². The molecule has 6 heteroatoms. The molecule has 5 nitrogen and oxygen atoms in total. The number of aromatic nitrogens is 1. The van der Waals surface area contributed by atoms with Gasteiger partial charge in [0.25, 0.3) is 5.91 Å². The fourth-order valence-electron chi connectivity index (χ4n) is 2.81. The second kappa shape index (κ2) is 7.40. The minimum absolute atomic E-state index is 0.0363. The molecule has 0 unspecified atom stereocenters. The average Bonchev–Trinajstić information content (AvgIpc) is 3.08. The summed E-state index contributed by atoms with van der Waals surface area (Å²) in [6, 6.07) is 7.23. The van der Waals surface area contributed by atoms with Gasteiger partial charge in [-0.05, 0) is 36.6 Å². The third-order valence-electron chi connectivity index (χ3n) is 4.01. The first-order valence-corrected chi connectivity index (χ1v) is 7.92. The van der Waals surface area contributed by atoms with Gasteiger partial charge in [0.05, 0.1) is 11.7 Å². The number of phenolic OH excluding ortho intramolecular Hbond substituents is 1. The number of ether oxygens (including phenoxy) is 1. The second-order valence-electron chi connectivity index (χ2n) is 5.85. The van der Waals surface area contributed by atoms with Crippen molar-refractivity contribution in [1.29, 1.82) is 0 Å². The van der Waals surface area contributed by atoms with Gasteiger partial charge in [0.1, 0.15) is 11.6 Å². The summed E-state index contributed by atoms with van der Waals surface area (Å²) in [6.45, 7) is 1.41. The van der Waals surface area contributed by atoms with Crippen molar-refractivity contribution in [3.63, 3.8) is 0 Å². The van der Waals surface area contributed by atoms with E-state index in [2.05, 4.69) is 4.98 Å². The molecule has 126 valence electrons. The van der Waals surface area contributed by atoms with Crippen molar-refractivity contribution in [1.82, 2.24) is 9.88 Å². The van der Waals surface area contributed by atoms with Crippen LogP contribution in [0.15, 0.2) is 42.7 Å².